The number of nitrogens with zero attached hydrogens (tertiary/aromatic N) is 1. The van der Waals surface area contributed by atoms with Crippen molar-refractivity contribution in [2.75, 3.05) is 19.5 Å². The van der Waals surface area contributed by atoms with E-state index in [0.29, 0.717) is 32.8 Å². The fraction of sp³-hybridized carbons (Fsp3) is 0.125. The zero-order valence-electron chi connectivity index (χ0n) is 18.1. The van der Waals surface area contributed by atoms with E-state index in [9.17, 15) is 14.0 Å². The summed E-state index contributed by atoms with van der Waals surface area (Å²) in [5, 5.41) is 6.79. The van der Waals surface area contributed by atoms with E-state index in [0.717, 1.165) is 0 Å². The zero-order chi connectivity index (χ0) is 24.0. The first kappa shape index (κ1) is 23.9. The van der Waals surface area contributed by atoms with Gasteiger partial charge in [-0.15, -0.1) is 0 Å². The van der Waals surface area contributed by atoms with Crippen LogP contribution in [0.15, 0.2) is 70.2 Å². The number of amides is 2. The van der Waals surface area contributed by atoms with Crippen LogP contribution in [-0.2, 0) is 0 Å². The highest BCUT2D eigenvalue weighted by atomic mass is 79.9. The van der Waals surface area contributed by atoms with Crippen molar-refractivity contribution in [3.63, 3.8) is 0 Å². The lowest BCUT2D eigenvalue weighted by Crippen LogP contribution is -2.22. The van der Waals surface area contributed by atoms with Gasteiger partial charge in [0.25, 0.3) is 11.8 Å². The molecule has 0 saturated heterocycles. The van der Waals surface area contributed by atoms with Crippen molar-refractivity contribution in [2.24, 2.45) is 5.10 Å². The van der Waals surface area contributed by atoms with Crippen LogP contribution in [0, 0.1) is 5.82 Å². The Kier molecular flexibility index (Phi) is 7.78. The average Bonchev–Trinajstić information content (AvgIpc) is 2.82. The topological polar surface area (TPSA) is 89.0 Å². The van der Waals surface area contributed by atoms with Gasteiger partial charge < -0.3 is 14.8 Å². The van der Waals surface area contributed by atoms with Gasteiger partial charge in [0.2, 0.25) is 0 Å². The Balaban J connectivity index is 1.82. The first-order valence-corrected chi connectivity index (χ1v) is 10.5. The fourth-order valence-corrected chi connectivity index (χ4v) is 3.32. The summed E-state index contributed by atoms with van der Waals surface area (Å²) in [6.45, 7) is 1.65. The van der Waals surface area contributed by atoms with Gasteiger partial charge in [0.1, 0.15) is 5.82 Å². The fourth-order valence-electron chi connectivity index (χ4n) is 2.96. The van der Waals surface area contributed by atoms with E-state index in [1.54, 1.807) is 55.5 Å². The molecule has 9 heteroatoms. The van der Waals surface area contributed by atoms with Crippen molar-refractivity contribution in [3.05, 3.63) is 87.6 Å². The molecule has 0 fully saturated rings. The minimum absolute atomic E-state index is 0.189. The molecular formula is C24H21BrFN3O4. The number of methoxy groups -OCH3 is 2. The van der Waals surface area contributed by atoms with E-state index in [1.165, 1.54) is 26.4 Å². The largest absolute Gasteiger partial charge is 0.493 e. The number of rotatable bonds is 7. The maximum absolute atomic E-state index is 13.4. The predicted molar refractivity (Wildman–Crippen MR) is 128 cm³/mol. The molecule has 2 amide bonds. The first-order chi connectivity index (χ1) is 15.8. The van der Waals surface area contributed by atoms with Crippen molar-refractivity contribution >= 4 is 39.1 Å². The Morgan fingerprint density at radius 1 is 0.909 bits per heavy atom. The normalized spacial score (nSPS) is 11.0. The monoisotopic (exact) mass is 513 g/mol. The van der Waals surface area contributed by atoms with Gasteiger partial charge >= 0.3 is 0 Å². The van der Waals surface area contributed by atoms with Crippen LogP contribution >= 0.6 is 15.9 Å². The number of hydrogen-bond acceptors (Lipinski definition) is 5. The van der Waals surface area contributed by atoms with Gasteiger partial charge in [-0.05, 0) is 55.5 Å². The number of carbonyl (C=O) groups excluding carboxylic acids is 2. The molecule has 0 aliphatic heterocycles. The van der Waals surface area contributed by atoms with Crippen LogP contribution in [0.3, 0.4) is 0 Å². The molecule has 0 aliphatic rings. The molecule has 0 heterocycles. The highest BCUT2D eigenvalue weighted by Crippen LogP contribution is 2.28. The summed E-state index contributed by atoms with van der Waals surface area (Å²) < 4.78 is 24.5. The Morgan fingerprint density at radius 3 is 2.36 bits per heavy atom. The third-order valence-corrected chi connectivity index (χ3v) is 5.18. The average molecular weight is 514 g/mol. The van der Waals surface area contributed by atoms with E-state index < -0.39 is 17.6 Å². The molecule has 0 aromatic heterocycles. The summed E-state index contributed by atoms with van der Waals surface area (Å²) in [6.07, 6.45) is 0. The molecule has 0 saturated carbocycles. The number of benzene rings is 3. The zero-order valence-corrected chi connectivity index (χ0v) is 19.7. The van der Waals surface area contributed by atoms with Crippen LogP contribution in [0.5, 0.6) is 11.5 Å². The molecule has 0 atom stereocenters. The quantitative estimate of drug-likeness (QED) is 0.343. The molecule has 7 nitrogen and oxygen atoms in total. The Bertz CT molecular complexity index is 1230. The Morgan fingerprint density at radius 2 is 1.67 bits per heavy atom. The summed E-state index contributed by atoms with van der Waals surface area (Å²) in [7, 11) is 2.98. The standard InChI is InChI=1S/C24H21BrFN3O4/c1-14(15-5-4-6-18(26)11-15)28-29-24(31)19-13-17(25)8-9-20(19)27-23(30)16-7-10-21(32-2)22(12-16)33-3/h4-13H,1-3H3,(H,27,30)(H,29,31)/b28-14+. The molecule has 3 aromatic carbocycles. The van der Waals surface area contributed by atoms with Gasteiger partial charge in [0.15, 0.2) is 11.5 Å². The lowest BCUT2D eigenvalue weighted by atomic mass is 10.1. The molecular weight excluding hydrogens is 493 g/mol. The number of halogens is 2. The summed E-state index contributed by atoms with van der Waals surface area (Å²) >= 11 is 3.33. The maximum Gasteiger partial charge on any atom is 0.273 e. The van der Waals surface area contributed by atoms with E-state index in [4.69, 9.17) is 9.47 Å². The van der Waals surface area contributed by atoms with Crippen LogP contribution in [0.2, 0.25) is 0 Å². The number of anilines is 1. The highest BCUT2D eigenvalue weighted by Gasteiger charge is 2.17. The minimum Gasteiger partial charge on any atom is -0.493 e. The molecule has 3 aromatic rings. The second-order valence-electron chi connectivity index (χ2n) is 6.86. The molecule has 0 aliphatic carbocycles. The van der Waals surface area contributed by atoms with Crippen molar-refractivity contribution < 1.29 is 23.5 Å². The third-order valence-electron chi connectivity index (χ3n) is 4.69. The van der Waals surface area contributed by atoms with Crippen LogP contribution in [0.1, 0.15) is 33.2 Å². The van der Waals surface area contributed by atoms with Crippen molar-refractivity contribution in [1.29, 1.82) is 0 Å². The number of hydrogen-bond donors (Lipinski definition) is 2. The molecule has 33 heavy (non-hydrogen) atoms. The van der Waals surface area contributed by atoms with Crippen LogP contribution < -0.4 is 20.2 Å². The van der Waals surface area contributed by atoms with Crippen molar-refractivity contribution in [3.8, 4) is 11.5 Å². The van der Waals surface area contributed by atoms with Gasteiger partial charge in [0, 0.05) is 15.6 Å². The Hall–Kier alpha value is -3.72. The Labute approximate surface area is 198 Å². The molecule has 0 spiro atoms. The SMILES string of the molecule is COc1ccc(C(=O)Nc2ccc(Br)cc2C(=O)N/N=C(\C)c2cccc(F)c2)cc1OC. The number of nitrogens with one attached hydrogen (secondary N) is 2. The van der Waals surface area contributed by atoms with Crippen LogP contribution in [-0.4, -0.2) is 31.7 Å². The highest BCUT2D eigenvalue weighted by molar-refractivity contribution is 9.10. The second kappa shape index (κ2) is 10.7. The molecule has 3 rings (SSSR count). The molecule has 0 bridgehead atoms. The lowest BCUT2D eigenvalue weighted by molar-refractivity contribution is 0.0955. The van der Waals surface area contributed by atoms with Gasteiger partial charge in [-0.2, -0.15) is 5.10 Å². The summed E-state index contributed by atoms with van der Waals surface area (Å²) in [5.41, 5.74) is 4.20. The predicted octanol–water partition coefficient (Wildman–Crippen LogP) is 5.01. The van der Waals surface area contributed by atoms with Crippen LogP contribution in [0.4, 0.5) is 10.1 Å². The van der Waals surface area contributed by atoms with E-state index in [1.807, 2.05) is 0 Å². The third kappa shape index (κ3) is 5.95. The molecule has 170 valence electrons. The molecule has 0 unspecified atom stereocenters. The number of hydrazone groups is 1. The van der Waals surface area contributed by atoms with Gasteiger partial charge in [-0.1, -0.05) is 28.1 Å². The second-order valence-corrected chi connectivity index (χ2v) is 7.78. The van der Waals surface area contributed by atoms with E-state index in [2.05, 4.69) is 31.8 Å². The van der Waals surface area contributed by atoms with Gasteiger partial charge in [-0.25, -0.2) is 9.82 Å². The van der Waals surface area contributed by atoms with Crippen molar-refractivity contribution in [2.45, 2.75) is 6.92 Å². The maximum atomic E-state index is 13.4. The van der Waals surface area contributed by atoms with Crippen molar-refractivity contribution in [1.82, 2.24) is 5.43 Å². The summed E-state index contributed by atoms with van der Waals surface area (Å²) in [6, 6.07) is 15.5. The van der Waals surface area contributed by atoms with E-state index in [-0.39, 0.29) is 11.3 Å². The first-order valence-electron chi connectivity index (χ1n) is 9.76. The number of ether oxygens (including phenoxy) is 2. The van der Waals surface area contributed by atoms with Crippen LogP contribution in [0.25, 0.3) is 0 Å². The van der Waals surface area contributed by atoms with E-state index >= 15 is 0 Å². The molecule has 0 radical (unpaired) electrons. The smallest absolute Gasteiger partial charge is 0.273 e. The number of carbonyl (C=O) groups is 2. The minimum atomic E-state index is -0.547. The lowest BCUT2D eigenvalue weighted by Gasteiger charge is -2.13. The van der Waals surface area contributed by atoms with Gasteiger partial charge in [-0.3, -0.25) is 9.59 Å². The summed E-state index contributed by atoms with van der Waals surface area (Å²) in [5.74, 6) is -0.493. The summed E-state index contributed by atoms with van der Waals surface area (Å²) in [4.78, 5) is 25.6. The van der Waals surface area contributed by atoms with Gasteiger partial charge in [0.05, 0.1) is 31.2 Å². The molecule has 2 N–H and O–H groups in total.